The predicted molar refractivity (Wildman–Crippen MR) is 76.8 cm³/mol. The van der Waals surface area contributed by atoms with E-state index < -0.39 is 16.6 Å². The molecule has 0 aliphatic rings. The smallest absolute Gasteiger partial charge is 0.126 e. The van der Waals surface area contributed by atoms with Crippen molar-refractivity contribution in [2.45, 2.75) is 24.5 Å². The summed E-state index contributed by atoms with van der Waals surface area (Å²) in [5.74, 6) is -0.0884. The van der Waals surface area contributed by atoms with E-state index in [9.17, 15) is 8.60 Å². The molecule has 0 heterocycles. The van der Waals surface area contributed by atoms with Crippen molar-refractivity contribution >= 4 is 16.5 Å². The first-order valence-electron chi connectivity index (χ1n) is 5.95. The average molecular weight is 277 g/mol. The van der Waals surface area contributed by atoms with Gasteiger partial charge in [0.25, 0.3) is 0 Å². The number of hydrogen-bond donors (Lipinski definition) is 1. The molecule has 0 saturated heterocycles. The second-order valence-electron chi connectivity index (χ2n) is 4.71. The van der Waals surface area contributed by atoms with E-state index in [1.807, 2.05) is 26.0 Å². The van der Waals surface area contributed by atoms with Gasteiger partial charge in [0.1, 0.15) is 5.82 Å². The fourth-order valence-corrected chi connectivity index (χ4v) is 3.25. The number of rotatable bonds is 3. The minimum Gasteiger partial charge on any atom is -0.399 e. The third-order valence-electron chi connectivity index (χ3n) is 2.74. The van der Waals surface area contributed by atoms with E-state index in [4.69, 9.17) is 5.73 Å². The number of anilines is 1. The van der Waals surface area contributed by atoms with Crippen molar-refractivity contribution in [2.75, 3.05) is 5.73 Å². The maximum Gasteiger partial charge on any atom is 0.126 e. The first kappa shape index (κ1) is 13.7. The molecule has 2 aromatic carbocycles. The van der Waals surface area contributed by atoms with Gasteiger partial charge in [0.15, 0.2) is 0 Å². The zero-order valence-corrected chi connectivity index (χ0v) is 11.8. The Morgan fingerprint density at radius 3 is 2.26 bits per heavy atom. The van der Waals surface area contributed by atoms with Gasteiger partial charge >= 0.3 is 0 Å². The van der Waals surface area contributed by atoms with Gasteiger partial charge in [0.2, 0.25) is 0 Å². The second-order valence-corrected chi connectivity index (χ2v) is 6.16. The van der Waals surface area contributed by atoms with Crippen molar-refractivity contribution in [1.29, 1.82) is 0 Å². The van der Waals surface area contributed by atoms with E-state index in [1.54, 1.807) is 6.07 Å². The van der Waals surface area contributed by atoms with Crippen LogP contribution in [0.3, 0.4) is 0 Å². The van der Waals surface area contributed by atoms with Gasteiger partial charge in [-0.2, -0.15) is 0 Å². The summed E-state index contributed by atoms with van der Waals surface area (Å²) >= 11 is 0. The van der Waals surface area contributed by atoms with Crippen molar-refractivity contribution in [1.82, 2.24) is 0 Å². The minimum atomic E-state index is -1.29. The fraction of sp³-hybridized carbons (Fsp3) is 0.200. The largest absolute Gasteiger partial charge is 0.399 e. The van der Waals surface area contributed by atoms with Crippen LogP contribution in [-0.2, 0) is 16.6 Å². The van der Waals surface area contributed by atoms with Crippen LogP contribution < -0.4 is 5.73 Å². The molecule has 2 nitrogen and oxygen atoms in total. The summed E-state index contributed by atoms with van der Waals surface area (Å²) in [6.07, 6.45) is 0. The summed E-state index contributed by atoms with van der Waals surface area (Å²) in [5.41, 5.74) is 9.11. The Kier molecular flexibility index (Phi) is 4.00. The standard InChI is InChI=1S/C15H16FNOS/c1-10-3-11(2)5-12(4-10)9-19(18)15-7-13(16)6-14(17)8-15/h3-8H,9,17H2,1-2H3. The molecule has 0 saturated carbocycles. The van der Waals surface area contributed by atoms with E-state index in [2.05, 4.69) is 6.07 Å². The molecule has 0 radical (unpaired) electrons. The highest BCUT2D eigenvalue weighted by molar-refractivity contribution is 7.84. The highest BCUT2D eigenvalue weighted by Crippen LogP contribution is 2.18. The van der Waals surface area contributed by atoms with E-state index in [0.717, 1.165) is 16.7 Å². The number of aryl methyl sites for hydroxylation is 2. The van der Waals surface area contributed by atoms with E-state index in [-0.39, 0.29) is 0 Å². The molecule has 2 aromatic rings. The molecule has 100 valence electrons. The zero-order chi connectivity index (χ0) is 14.0. The molecule has 2 rings (SSSR count). The topological polar surface area (TPSA) is 43.1 Å². The van der Waals surface area contributed by atoms with Crippen molar-refractivity contribution < 1.29 is 8.60 Å². The summed E-state index contributed by atoms with van der Waals surface area (Å²) in [4.78, 5) is 0.427. The van der Waals surface area contributed by atoms with E-state index >= 15 is 0 Å². The minimum absolute atomic E-state index is 0.295. The molecule has 0 spiro atoms. The maximum atomic E-state index is 13.2. The Bertz CT molecular complexity index is 600. The Morgan fingerprint density at radius 1 is 1.05 bits per heavy atom. The van der Waals surface area contributed by atoms with Crippen LogP contribution in [0.1, 0.15) is 16.7 Å². The van der Waals surface area contributed by atoms with Crippen LogP contribution >= 0.6 is 0 Å². The maximum absolute atomic E-state index is 13.2. The van der Waals surface area contributed by atoms with Crippen molar-refractivity contribution in [3.05, 3.63) is 58.9 Å². The van der Waals surface area contributed by atoms with Crippen LogP contribution in [0.25, 0.3) is 0 Å². The quantitative estimate of drug-likeness (QED) is 0.874. The molecule has 19 heavy (non-hydrogen) atoms. The third-order valence-corrected chi connectivity index (χ3v) is 4.09. The number of nitrogens with two attached hydrogens (primary N) is 1. The molecule has 0 aliphatic heterocycles. The molecule has 0 aromatic heterocycles. The molecular formula is C15H16FNOS. The van der Waals surface area contributed by atoms with Crippen LogP contribution in [0, 0.1) is 19.7 Å². The molecule has 0 bridgehead atoms. The van der Waals surface area contributed by atoms with Crippen molar-refractivity contribution in [3.8, 4) is 0 Å². The molecule has 2 N–H and O–H groups in total. The first-order valence-corrected chi connectivity index (χ1v) is 7.27. The highest BCUT2D eigenvalue weighted by Gasteiger charge is 2.08. The molecule has 0 aliphatic carbocycles. The lowest BCUT2D eigenvalue weighted by Gasteiger charge is -2.06. The summed E-state index contributed by atoms with van der Waals surface area (Å²) in [7, 11) is -1.29. The Morgan fingerprint density at radius 2 is 1.68 bits per heavy atom. The normalized spacial score (nSPS) is 12.4. The lowest BCUT2D eigenvalue weighted by atomic mass is 10.1. The predicted octanol–water partition coefficient (Wildman–Crippen LogP) is 3.33. The number of hydrogen-bond acceptors (Lipinski definition) is 2. The molecule has 0 amide bonds. The van der Waals surface area contributed by atoms with Gasteiger partial charge in [-0.25, -0.2) is 4.39 Å². The van der Waals surface area contributed by atoms with Crippen molar-refractivity contribution in [2.24, 2.45) is 0 Å². The van der Waals surface area contributed by atoms with Crippen LogP contribution in [0.4, 0.5) is 10.1 Å². The number of nitrogen functional groups attached to an aromatic ring is 1. The van der Waals surface area contributed by atoms with Crippen molar-refractivity contribution in [3.63, 3.8) is 0 Å². The summed E-state index contributed by atoms with van der Waals surface area (Å²) in [6.45, 7) is 4.00. The van der Waals surface area contributed by atoms with Crippen LogP contribution in [0.15, 0.2) is 41.3 Å². The van der Waals surface area contributed by atoms with Gasteiger partial charge in [0.05, 0.1) is 16.6 Å². The lowest BCUT2D eigenvalue weighted by Crippen LogP contribution is -1.99. The summed E-state index contributed by atoms with van der Waals surface area (Å²) < 4.78 is 25.5. The fourth-order valence-electron chi connectivity index (χ4n) is 2.10. The zero-order valence-electron chi connectivity index (χ0n) is 10.9. The Balaban J connectivity index is 2.25. The van der Waals surface area contributed by atoms with Gasteiger partial charge in [-0.3, -0.25) is 4.21 Å². The van der Waals surface area contributed by atoms with Gasteiger partial charge in [-0.05, 0) is 37.6 Å². The van der Waals surface area contributed by atoms with Gasteiger partial charge in [-0.1, -0.05) is 29.3 Å². The molecule has 1 atom stereocenters. The SMILES string of the molecule is Cc1cc(C)cc(CS(=O)c2cc(N)cc(F)c2)c1. The monoisotopic (exact) mass is 277 g/mol. The number of halogens is 1. The molecular weight excluding hydrogens is 261 g/mol. The molecule has 1 unspecified atom stereocenters. The summed E-state index contributed by atoms with van der Waals surface area (Å²) in [6, 6.07) is 10.1. The van der Waals surface area contributed by atoms with Gasteiger partial charge in [-0.15, -0.1) is 0 Å². The highest BCUT2D eigenvalue weighted by atomic mass is 32.2. The second kappa shape index (κ2) is 5.53. The van der Waals surface area contributed by atoms with E-state index in [0.29, 0.717) is 16.3 Å². The third kappa shape index (κ3) is 3.64. The van der Waals surface area contributed by atoms with Crippen LogP contribution in [0.5, 0.6) is 0 Å². The van der Waals surface area contributed by atoms with Crippen LogP contribution in [-0.4, -0.2) is 4.21 Å². The average Bonchev–Trinajstić information content (AvgIpc) is 2.25. The van der Waals surface area contributed by atoms with Gasteiger partial charge < -0.3 is 5.73 Å². The summed E-state index contributed by atoms with van der Waals surface area (Å²) in [5, 5.41) is 0. The van der Waals surface area contributed by atoms with Crippen LogP contribution in [0.2, 0.25) is 0 Å². The Hall–Kier alpha value is -1.68. The Labute approximate surface area is 114 Å². The molecule has 4 heteroatoms. The number of benzene rings is 2. The van der Waals surface area contributed by atoms with E-state index in [1.165, 1.54) is 12.1 Å². The van der Waals surface area contributed by atoms with Gasteiger partial charge in [0, 0.05) is 10.6 Å². The lowest BCUT2D eigenvalue weighted by molar-refractivity contribution is 0.623. The first-order chi connectivity index (χ1) is 8.94. The molecule has 0 fully saturated rings.